The van der Waals surface area contributed by atoms with Gasteiger partial charge in [0.05, 0.1) is 12.3 Å². The van der Waals surface area contributed by atoms with Crippen molar-refractivity contribution in [3.63, 3.8) is 0 Å². The fourth-order valence-corrected chi connectivity index (χ4v) is 1.84. The number of likely N-dealkylation sites (N-methyl/N-ethyl adjacent to an activating group) is 1. The topological polar surface area (TPSA) is 91.2 Å². The number of hydrogen-bond donors (Lipinski definition) is 2. The summed E-state index contributed by atoms with van der Waals surface area (Å²) in [5, 5.41) is 12.9. The second-order valence-electron chi connectivity index (χ2n) is 4.13. The molecule has 0 spiro atoms. The number of nitrogens with one attached hydrogen (secondary N) is 1. The molecule has 0 bridgehead atoms. The molecule has 0 unspecified atom stereocenters. The molecule has 0 saturated heterocycles. The Hall–Kier alpha value is -2.41. The first-order valence-electron chi connectivity index (χ1n) is 6.32. The smallest absolute Gasteiger partial charge is 0.348 e. The van der Waals surface area contributed by atoms with Crippen LogP contribution in [0.1, 0.15) is 17.5 Å². The van der Waals surface area contributed by atoms with Crippen LogP contribution < -0.4 is 5.69 Å². The van der Waals surface area contributed by atoms with Gasteiger partial charge in [-0.05, 0) is 19.1 Å². The largest absolute Gasteiger partial charge is 0.395 e. The summed E-state index contributed by atoms with van der Waals surface area (Å²) < 4.78 is 1.14. The minimum Gasteiger partial charge on any atom is -0.395 e. The predicted octanol–water partition coefficient (Wildman–Crippen LogP) is 0.0150. The molecule has 106 valence electrons. The second kappa shape index (κ2) is 6.16. The first kappa shape index (κ1) is 14.0. The standard InChI is InChI=1S/C13H16N4O3/c1-2-16(8-9-18)12(19)11-14-13(20)17(15-11)10-6-4-3-5-7-10/h3-7,18H,2,8-9H2,1H3,(H,14,15,20). The van der Waals surface area contributed by atoms with Crippen LogP contribution in [-0.2, 0) is 0 Å². The quantitative estimate of drug-likeness (QED) is 0.805. The van der Waals surface area contributed by atoms with E-state index < -0.39 is 11.6 Å². The highest BCUT2D eigenvalue weighted by Crippen LogP contribution is 2.03. The van der Waals surface area contributed by atoms with E-state index in [0.717, 1.165) is 4.68 Å². The van der Waals surface area contributed by atoms with Gasteiger partial charge in [-0.25, -0.2) is 4.79 Å². The Balaban J connectivity index is 2.32. The Kier molecular flexibility index (Phi) is 4.31. The van der Waals surface area contributed by atoms with E-state index in [2.05, 4.69) is 10.1 Å². The molecule has 0 radical (unpaired) electrons. The molecule has 1 aromatic carbocycles. The lowest BCUT2D eigenvalue weighted by Gasteiger charge is -2.17. The molecule has 2 N–H and O–H groups in total. The summed E-state index contributed by atoms with van der Waals surface area (Å²) in [6.07, 6.45) is 0. The molecule has 1 heterocycles. The lowest BCUT2D eigenvalue weighted by atomic mass is 10.3. The second-order valence-corrected chi connectivity index (χ2v) is 4.13. The Morgan fingerprint density at radius 1 is 1.40 bits per heavy atom. The molecule has 0 atom stereocenters. The lowest BCUT2D eigenvalue weighted by molar-refractivity contribution is 0.0720. The van der Waals surface area contributed by atoms with Crippen LogP contribution in [0.2, 0.25) is 0 Å². The number of rotatable bonds is 5. The molecule has 7 heteroatoms. The summed E-state index contributed by atoms with van der Waals surface area (Å²) in [6.45, 7) is 2.29. The summed E-state index contributed by atoms with van der Waals surface area (Å²) in [6, 6.07) is 8.83. The molecule has 0 aliphatic carbocycles. The molecule has 0 fully saturated rings. The van der Waals surface area contributed by atoms with E-state index in [1.54, 1.807) is 31.2 Å². The molecule has 1 amide bonds. The maximum absolute atomic E-state index is 12.1. The number of para-hydroxylation sites is 1. The Labute approximate surface area is 115 Å². The number of aromatic amines is 1. The Morgan fingerprint density at radius 3 is 2.70 bits per heavy atom. The number of carbonyl (C=O) groups excluding carboxylic acids is 1. The molecular weight excluding hydrogens is 260 g/mol. The van der Waals surface area contributed by atoms with Crippen LogP contribution in [0.5, 0.6) is 0 Å². The summed E-state index contributed by atoms with van der Waals surface area (Å²) in [5.41, 5.74) is 0.109. The number of nitrogens with zero attached hydrogens (tertiary/aromatic N) is 3. The number of carbonyl (C=O) groups is 1. The van der Waals surface area contributed by atoms with E-state index in [1.165, 1.54) is 4.90 Å². The highest BCUT2D eigenvalue weighted by molar-refractivity contribution is 5.90. The average Bonchev–Trinajstić information content (AvgIpc) is 2.87. The van der Waals surface area contributed by atoms with Gasteiger partial charge in [-0.1, -0.05) is 18.2 Å². The number of benzene rings is 1. The zero-order valence-electron chi connectivity index (χ0n) is 11.1. The van der Waals surface area contributed by atoms with Crippen molar-refractivity contribution in [3.8, 4) is 5.69 Å². The van der Waals surface area contributed by atoms with Crippen molar-refractivity contribution in [2.45, 2.75) is 6.92 Å². The highest BCUT2D eigenvalue weighted by atomic mass is 16.3. The van der Waals surface area contributed by atoms with E-state index in [-0.39, 0.29) is 19.0 Å². The van der Waals surface area contributed by atoms with Gasteiger partial charge in [0.25, 0.3) is 5.91 Å². The van der Waals surface area contributed by atoms with Gasteiger partial charge in [0.15, 0.2) is 0 Å². The number of aliphatic hydroxyl groups excluding tert-OH is 1. The van der Waals surface area contributed by atoms with Crippen LogP contribution in [0.15, 0.2) is 35.1 Å². The van der Waals surface area contributed by atoms with Crippen LogP contribution in [-0.4, -0.2) is 50.4 Å². The third kappa shape index (κ3) is 2.77. The van der Waals surface area contributed by atoms with Gasteiger partial charge < -0.3 is 10.0 Å². The summed E-state index contributed by atoms with van der Waals surface area (Å²) in [7, 11) is 0. The Morgan fingerprint density at radius 2 is 2.10 bits per heavy atom. The van der Waals surface area contributed by atoms with Crippen molar-refractivity contribution < 1.29 is 9.90 Å². The van der Waals surface area contributed by atoms with E-state index in [1.807, 2.05) is 6.07 Å². The number of amides is 1. The monoisotopic (exact) mass is 276 g/mol. The maximum Gasteiger partial charge on any atom is 0.348 e. The number of hydrogen-bond acceptors (Lipinski definition) is 4. The minimum atomic E-state index is -0.473. The molecule has 1 aromatic heterocycles. The van der Waals surface area contributed by atoms with E-state index in [0.29, 0.717) is 12.2 Å². The van der Waals surface area contributed by atoms with Gasteiger partial charge >= 0.3 is 5.69 Å². The third-order valence-electron chi connectivity index (χ3n) is 2.86. The van der Waals surface area contributed by atoms with Crippen LogP contribution in [0.4, 0.5) is 0 Å². The zero-order valence-corrected chi connectivity index (χ0v) is 11.1. The predicted molar refractivity (Wildman–Crippen MR) is 72.8 cm³/mol. The van der Waals surface area contributed by atoms with Crippen LogP contribution in [0.3, 0.4) is 0 Å². The molecule has 7 nitrogen and oxygen atoms in total. The Bertz CT molecular complexity index is 633. The molecule has 0 aliphatic heterocycles. The fraction of sp³-hybridized carbons (Fsp3) is 0.308. The zero-order chi connectivity index (χ0) is 14.5. The van der Waals surface area contributed by atoms with E-state index in [4.69, 9.17) is 5.11 Å². The molecule has 2 aromatic rings. The average molecular weight is 276 g/mol. The van der Waals surface area contributed by atoms with E-state index in [9.17, 15) is 9.59 Å². The van der Waals surface area contributed by atoms with Crippen LogP contribution >= 0.6 is 0 Å². The summed E-state index contributed by atoms with van der Waals surface area (Å²) >= 11 is 0. The molecule has 0 saturated carbocycles. The van der Waals surface area contributed by atoms with Gasteiger partial charge in [-0.15, -0.1) is 5.10 Å². The number of H-pyrrole nitrogens is 1. The summed E-state index contributed by atoms with van der Waals surface area (Å²) in [5.74, 6) is -0.442. The van der Waals surface area contributed by atoms with Gasteiger partial charge in [0, 0.05) is 13.1 Å². The van der Waals surface area contributed by atoms with Crippen molar-refractivity contribution in [1.82, 2.24) is 19.7 Å². The van der Waals surface area contributed by atoms with Gasteiger partial charge in [-0.3, -0.25) is 9.78 Å². The highest BCUT2D eigenvalue weighted by Gasteiger charge is 2.19. The van der Waals surface area contributed by atoms with Gasteiger partial charge in [0.1, 0.15) is 0 Å². The normalized spacial score (nSPS) is 10.5. The summed E-state index contributed by atoms with van der Waals surface area (Å²) in [4.78, 5) is 27.8. The van der Waals surface area contributed by atoms with Gasteiger partial charge in [0.2, 0.25) is 5.82 Å². The molecular formula is C13H16N4O3. The van der Waals surface area contributed by atoms with Crippen molar-refractivity contribution in [2.75, 3.05) is 19.7 Å². The minimum absolute atomic E-state index is 0.0332. The van der Waals surface area contributed by atoms with Crippen molar-refractivity contribution >= 4 is 5.91 Å². The van der Waals surface area contributed by atoms with Crippen LogP contribution in [0.25, 0.3) is 5.69 Å². The number of aliphatic hydroxyl groups is 1. The molecule has 0 aliphatic rings. The first-order chi connectivity index (χ1) is 9.67. The number of aromatic nitrogens is 3. The van der Waals surface area contributed by atoms with Gasteiger partial charge in [-0.2, -0.15) is 4.68 Å². The van der Waals surface area contributed by atoms with Crippen molar-refractivity contribution in [3.05, 3.63) is 46.6 Å². The van der Waals surface area contributed by atoms with E-state index >= 15 is 0 Å². The fourth-order valence-electron chi connectivity index (χ4n) is 1.84. The SMILES string of the molecule is CCN(CCO)C(=O)c1nn(-c2ccccc2)c(=O)[nH]1. The van der Waals surface area contributed by atoms with Crippen molar-refractivity contribution in [2.24, 2.45) is 0 Å². The third-order valence-corrected chi connectivity index (χ3v) is 2.86. The molecule has 2 rings (SSSR count). The lowest BCUT2D eigenvalue weighted by Crippen LogP contribution is -2.34. The van der Waals surface area contributed by atoms with Crippen molar-refractivity contribution in [1.29, 1.82) is 0 Å². The van der Waals surface area contributed by atoms with Crippen LogP contribution in [0, 0.1) is 0 Å². The maximum atomic E-state index is 12.1. The first-order valence-corrected chi connectivity index (χ1v) is 6.32. The molecule has 20 heavy (non-hydrogen) atoms.